The molecule has 0 fully saturated rings. The maximum Gasteiger partial charge on any atom is 0.0544 e. The topological polar surface area (TPSA) is 12.4 Å². The van der Waals surface area contributed by atoms with Crippen LogP contribution in [0, 0.1) is 5.92 Å². The van der Waals surface area contributed by atoms with Gasteiger partial charge in [-0.3, -0.25) is 4.99 Å². The molecule has 1 heterocycles. The third-order valence-electron chi connectivity index (χ3n) is 4.22. The second kappa shape index (κ2) is 6.15. The minimum atomic E-state index is 0.333. The zero-order valence-corrected chi connectivity index (χ0v) is 13.4. The molecule has 0 saturated heterocycles. The number of hydrogen-bond donors (Lipinski definition) is 0. The Bertz CT molecular complexity index is 764. The third-order valence-corrected chi connectivity index (χ3v) is 4.22. The Labute approximate surface area is 132 Å². The summed E-state index contributed by atoms with van der Waals surface area (Å²) < 4.78 is 0. The van der Waals surface area contributed by atoms with E-state index in [0.29, 0.717) is 5.92 Å². The number of nitrogens with zero attached hydrogens (tertiary/aromatic N) is 1. The molecule has 0 aromatic heterocycles. The first-order valence-corrected chi connectivity index (χ1v) is 7.73. The van der Waals surface area contributed by atoms with Crippen molar-refractivity contribution >= 4 is 5.71 Å². The lowest BCUT2D eigenvalue weighted by atomic mass is 9.90. The van der Waals surface area contributed by atoms with E-state index in [1.165, 1.54) is 27.8 Å². The molecule has 1 aliphatic heterocycles. The van der Waals surface area contributed by atoms with Gasteiger partial charge in [-0.1, -0.05) is 67.1 Å². The standard InChI is InChI=1S/C21H21N/c1-15-12-16(2)17(3)21(22-14-15)20-11-7-10-19(13-20)18-8-5-4-6-9-18/h4-14,17H,1-3H3/t17-/m0/s1. The smallest absolute Gasteiger partial charge is 0.0544 e. The second-order valence-electron chi connectivity index (χ2n) is 5.94. The third kappa shape index (κ3) is 2.94. The quantitative estimate of drug-likeness (QED) is 0.677. The lowest BCUT2D eigenvalue weighted by Gasteiger charge is -2.15. The van der Waals surface area contributed by atoms with E-state index >= 15 is 0 Å². The van der Waals surface area contributed by atoms with Gasteiger partial charge in [-0.15, -0.1) is 0 Å². The summed E-state index contributed by atoms with van der Waals surface area (Å²) in [6.07, 6.45) is 4.19. The number of aliphatic imine (C=N–C) groups is 1. The van der Waals surface area contributed by atoms with Crippen LogP contribution in [0.5, 0.6) is 0 Å². The predicted octanol–water partition coefficient (Wildman–Crippen LogP) is 5.64. The molecule has 0 bridgehead atoms. The maximum absolute atomic E-state index is 4.74. The van der Waals surface area contributed by atoms with Crippen molar-refractivity contribution in [3.05, 3.63) is 83.6 Å². The fraction of sp³-hybridized carbons (Fsp3) is 0.190. The summed E-state index contributed by atoms with van der Waals surface area (Å²) in [5, 5.41) is 0. The van der Waals surface area contributed by atoms with Gasteiger partial charge in [-0.25, -0.2) is 0 Å². The predicted molar refractivity (Wildman–Crippen MR) is 95.1 cm³/mol. The van der Waals surface area contributed by atoms with Crippen LogP contribution in [0.1, 0.15) is 26.3 Å². The van der Waals surface area contributed by atoms with Gasteiger partial charge in [-0.05, 0) is 42.2 Å². The molecule has 1 heteroatoms. The van der Waals surface area contributed by atoms with Gasteiger partial charge in [0.15, 0.2) is 0 Å². The molecule has 22 heavy (non-hydrogen) atoms. The molecule has 2 aromatic carbocycles. The fourth-order valence-electron chi connectivity index (χ4n) is 2.83. The van der Waals surface area contributed by atoms with Crippen LogP contribution >= 0.6 is 0 Å². The van der Waals surface area contributed by atoms with Crippen molar-refractivity contribution in [3.63, 3.8) is 0 Å². The van der Waals surface area contributed by atoms with Crippen LogP contribution in [-0.4, -0.2) is 5.71 Å². The lowest BCUT2D eigenvalue weighted by Crippen LogP contribution is -2.13. The van der Waals surface area contributed by atoms with Gasteiger partial charge in [0.2, 0.25) is 0 Å². The molecule has 3 rings (SSSR count). The molecule has 0 radical (unpaired) electrons. The summed E-state index contributed by atoms with van der Waals surface area (Å²) in [4.78, 5) is 4.74. The van der Waals surface area contributed by atoms with Crippen LogP contribution < -0.4 is 0 Å². The molecule has 0 N–H and O–H groups in total. The summed E-state index contributed by atoms with van der Waals surface area (Å²) in [5.41, 5.74) is 7.38. The molecule has 0 amide bonds. The summed E-state index contributed by atoms with van der Waals surface area (Å²) >= 11 is 0. The zero-order chi connectivity index (χ0) is 15.5. The molecule has 1 nitrogen and oxygen atoms in total. The average Bonchev–Trinajstić information content (AvgIpc) is 2.67. The lowest BCUT2D eigenvalue weighted by molar-refractivity contribution is 0.915. The van der Waals surface area contributed by atoms with Gasteiger partial charge in [0.05, 0.1) is 5.71 Å². The van der Waals surface area contributed by atoms with Gasteiger partial charge >= 0.3 is 0 Å². The van der Waals surface area contributed by atoms with Crippen LogP contribution in [0.25, 0.3) is 11.1 Å². The molecular formula is C21H21N. The van der Waals surface area contributed by atoms with Crippen LogP contribution in [0.3, 0.4) is 0 Å². The molecule has 1 aliphatic rings. The number of benzene rings is 2. The Morgan fingerprint density at radius 1 is 0.818 bits per heavy atom. The largest absolute Gasteiger partial charge is 0.260 e. The highest BCUT2D eigenvalue weighted by Gasteiger charge is 2.16. The Balaban J connectivity index is 2.04. The van der Waals surface area contributed by atoms with Gasteiger partial charge < -0.3 is 0 Å². The van der Waals surface area contributed by atoms with E-state index in [2.05, 4.69) is 75.4 Å². The van der Waals surface area contributed by atoms with Crippen LogP contribution in [0.4, 0.5) is 0 Å². The van der Waals surface area contributed by atoms with E-state index in [1.807, 2.05) is 12.3 Å². The molecule has 0 unspecified atom stereocenters. The minimum Gasteiger partial charge on any atom is -0.260 e. The van der Waals surface area contributed by atoms with Crippen molar-refractivity contribution < 1.29 is 0 Å². The Morgan fingerprint density at radius 2 is 1.50 bits per heavy atom. The summed E-state index contributed by atoms with van der Waals surface area (Å²) in [6, 6.07) is 19.2. The van der Waals surface area contributed by atoms with E-state index in [0.717, 1.165) is 5.71 Å². The first kappa shape index (κ1) is 14.5. The average molecular weight is 287 g/mol. The van der Waals surface area contributed by atoms with Crippen molar-refractivity contribution in [1.29, 1.82) is 0 Å². The van der Waals surface area contributed by atoms with E-state index in [9.17, 15) is 0 Å². The van der Waals surface area contributed by atoms with Crippen molar-refractivity contribution in [2.24, 2.45) is 10.9 Å². The number of hydrogen-bond acceptors (Lipinski definition) is 1. The van der Waals surface area contributed by atoms with Gasteiger partial charge in [0.1, 0.15) is 0 Å². The normalized spacial score (nSPS) is 18.1. The molecule has 2 aromatic rings. The van der Waals surface area contributed by atoms with Crippen molar-refractivity contribution in [1.82, 2.24) is 0 Å². The summed E-state index contributed by atoms with van der Waals surface area (Å²) in [7, 11) is 0. The zero-order valence-electron chi connectivity index (χ0n) is 13.4. The summed E-state index contributed by atoms with van der Waals surface area (Å²) in [6.45, 7) is 6.51. The van der Waals surface area contributed by atoms with Crippen LogP contribution in [-0.2, 0) is 0 Å². The molecule has 110 valence electrons. The minimum absolute atomic E-state index is 0.333. The van der Waals surface area contributed by atoms with Crippen LogP contribution in [0.2, 0.25) is 0 Å². The molecule has 1 atom stereocenters. The highest BCUT2D eigenvalue weighted by Crippen LogP contribution is 2.26. The fourth-order valence-corrected chi connectivity index (χ4v) is 2.83. The van der Waals surface area contributed by atoms with E-state index in [-0.39, 0.29) is 0 Å². The first-order chi connectivity index (χ1) is 10.6. The highest BCUT2D eigenvalue weighted by atomic mass is 14.7. The van der Waals surface area contributed by atoms with Crippen molar-refractivity contribution in [2.75, 3.05) is 0 Å². The Hall–Kier alpha value is -2.41. The molecule has 0 saturated carbocycles. The van der Waals surface area contributed by atoms with Crippen molar-refractivity contribution in [3.8, 4) is 11.1 Å². The highest BCUT2D eigenvalue weighted by molar-refractivity contribution is 6.05. The second-order valence-corrected chi connectivity index (χ2v) is 5.94. The SMILES string of the molecule is CC1=CN=C(c2cccc(-c3ccccc3)c2)[C@@H](C)C(C)=C1. The van der Waals surface area contributed by atoms with Crippen molar-refractivity contribution in [2.45, 2.75) is 20.8 Å². The number of allylic oxidation sites excluding steroid dienone is 3. The van der Waals surface area contributed by atoms with Gasteiger partial charge in [0.25, 0.3) is 0 Å². The van der Waals surface area contributed by atoms with E-state index in [1.54, 1.807) is 0 Å². The molecule has 0 aliphatic carbocycles. The van der Waals surface area contributed by atoms with E-state index < -0.39 is 0 Å². The maximum atomic E-state index is 4.74. The van der Waals surface area contributed by atoms with E-state index in [4.69, 9.17) is 4.99 Å². The van der Waals surface area contributed by atoms with Gasteiger partial charge in [0, 0.05) is 12.1 Å². The summed E-state index contributed by atoms with van der Waals surface area (Å²) in [5.74, 6) is 0.333. The molecule has 0 spiro atoms. The van der Waals surface area contributed by atoms with Gasteiger partial charge in [-0.2, -0.15) is 0 Å². The molecular weight excluding hydrogens is 266 g/mol. The van der Waals surface area contributed by atoms with Crippen LogP contribution in [0.15, 0.2) is 83.0 Å². The first-order valence-electron chi connectivity index (χ1n) is 7.73. The monoisotopic (exact) mass is 287 g/mol. The Kier molecular flexibility index (Phi) is 4.06. The Morgan fingerprint density at radius 3 is 2.27 bits per heavy atom. The number of rotatable bonds is 2.